The molecule has 1 aliphatic heterocycles. The lowest BCUT2D eigenvalue weighted by molar-refractivity contribution is -0.130. The first-order valence-corrected chi connectivity index (χ1v) is 6.19. The first kappa shape index (κ1) is 14.5. The van der Waals surface area contributed by atoms with E-state index in [4.69, 9.17) is 23.6 Å². The summed E-state index contributed by atoms with van der Waals surface area (Å²) >= 11 is 11.6. The molecule has 0 aromatic carbocycles. The molecule has 0 radical (unpaired) electrons. The van der Waals surface area contributed by atoms with E-state index in [0.717, 1.165) is 10.8 Å². The van der Waals surface area contributed by atoms with Crippen LogP contribution >= 0.6 is 23.6 Å². The molecule has 1 rings (SSSR count). The first-order chi connectivity index (χ1) is 7.86. The molecule has 0 saturated carbocycles. The molecule has 5 nitrogen and oxygen atoms in total. The normalized spacial score (nSPS) is 25.3. The fourth-order valence-electron chi connectivity index (χ4n) is 1.97. The van der Waals surface area contributed by atoms with Gasteiger partial charge in [0.1, 0.15) is 5.54 Å². The molecular formula is C10H17Cl2N3O2. The van der Waals surface area contributed by atoms with Gasteiger partial charge in [-0.25, -0.2) is 9.21 Å². The lowest BCUT2D eigenvalue weighted by Gasteiger charge is -2.30. The average molecular weight is 282 g/mol. The number of hydrogen-bond acceptors (Lipinski definition) is 3. The summed E-state index contributed by atoms with van der Waals surface area (Å²) in [5, 5.41) is 0. The lowest BCUT2D eigenvalue weighted by atomic mass is 9.90. The van der Waals surface area contributed by atoms with Crippen LogP contribution in [0.5, 0.6) is 0 Å². The number of amides is 3. The van der Waals surface area contributed by atoms with Gasteiger partial charge in [0.2, 0.25) is 0 Å². The molecule has 17 heavy (non-hydrogen) atoms. The van der Waals surface area contributed by atoms with Crippen molar-refractivity contribution in [2.24, 2.45) is 0 Å². The largest absolute Gasteiger partial charge is 0.357 e. The van der Waals surface area contributed by atoms with Crippen molar-refractivity contribution in [3.05, 3.63) is 0 Å². The quantitative estimate of drug-likeness (QED) is 0.572. The predicted molar refractivity (Wildman–Crippen MR) is 66.6 cm³/mol. The first-order valence-electron chi connectivity index (χ1n) is 5.52. The maximum Gasteiger partial charge on any atom is 0.357 e. The Kier molecular flexibility index (Phi) is 4.63. The van der Waals surface area contributed by atoms with Crippen LogP contribution < -0.4 is 0 Å². The monoisotopic (exact) mass is 281 g/mol. The van der Waals surface area contributed by atoms with Crippen molar-refractivity contribution in [3.8, 4) is 0 Å². The molecule has 1 aliphatic rings. The van der Waals surface area contributed by atoms with Crippen LogP contribution in [-0.2, 0) is 4.79 Å². The van der Waals surface area contributed by atoms with E-state index in [1.54, 1.807) is 0 Å². The van der Waals surface area contributed by atoms with Gasteiger partial charge in [-0.3, -0.25) is 4.79 Å². The van der Waals surface area contributed by atoms with E-state index in [1.807, 2.05) is 25.9 Å². The zero-order chi connectivity index (χ0) is 13.2. The van der Waals surface area contributed by atoms with E-state index in [1.165, 1.54) is 0 Å². The Morgan fingerprint density at radius 3 is 2.18 bits per heavy atom. The zero-order valence-corrected chi connectivity index (χ0v) is 11.8. The summed E-state index contributed by atoms with van der Waals surface area (Å²) in [5.41, 5.74) is -1.00. The minimum atomic E-state index is -1.00. The van der Waals surface area contributed by atoms with E-state index < -0.39 is 17.5 Å². The zero-order valence-electron chi connectivity index (χ0n) is 10.2. The molecule has 0 aromatic heterocycles. The summed E-state index contributed by atoms with van der Waals surface area (Å²) in [4.78, 5) is 25.6. The van der Waals surface area contributed by atoms with Crippen LogP contribution in [0.15, 0.2) is 0 Å². The molecule has 0 N–H and O–H groups in total. The van der Waals surface area contributed by atoms with Crippen LogP contribution in [0, 0.1) is 0 Å². The lowest BCUT2D eigenvalue weighted by Crippen LogP contribution is -2.47. The van der Waals surface area contributed by atoms with E-state index in [-0.39, 0.29) is 0 Å². The van der Waals surface area contributed by atoms with Crippen molar-refractivity contribution in [2.75, 3.05) is 20.6 Å². The van der Waals surface area contributed by atoms with Crippen molar-refractivity contribution in [2.45, 2.75) is 31.7 Å². The maximum absolute atomic E-state index is 12.1. The number of carbonyl (C=O) groups excluding carboxylic acids is 2. The Bertz CT molecular complexity index is 325. The topological polar surface area (TPSA) is 43.9 Å². The SMILES string of the molecule is CCCC1(CCN(C)C)C(=O)N(Cl)C(=O)N1Cl. The Labute approximate surface area is 111 Å². The molecule has 1 unspecified atom stereocenters. The highest BCUT2D eigenvalue weighted by Gasteiger charge is 2.56. The van der Waals surface area contributed by atoms with Crippen molar-refractivity contribution >= 4 is 35.5 Å². The third kappa shape index (κ3) is 2.51. The molecule has 0 aromatic rings. The fourth-order valence-corrected chi connectivity index (χ4v) is 2.56. The van der Waals surface area contributed by atoms with Crippen LogP contribution in [0.1, 0.15) is 26.2 Å². The van der Waals surface area contributed by atoms with Gasteiger partial charge in [-0.2, -0.15) is 4.42 Å². The van der Waals surface area contributed by atoms with E-state index in [9.17, 15) is 9.59 Å². The molecule has 0 spiro atoms. The average Bonchev–Trinajstić information content (AvgIpc) is 2.43. The number of urea groups is 1. The summed E-state index contributed by atoms with van der Waals surface area (Å²) in [7, 11) is 3.80. The van der Waals surface area contributed by atoms with Gasteiger partial charge in [-0.15, -0.1) is 0 Å². The number of nitrogens with zero attached hydrogens (tertiary/aromatic N) is 3. The molecule has 0 bridgehead atoms. The highest BCUT2D eigenvalue weighted by molar-refractivity contribution is 6.39. The summed E-state index contributed by atoms with van der Waals surface area (Å²) < 4.78 is 1.54. The van der Waals surface area contributed by atoms with Gasteiger partial charge in [-0.05, 0) is 26.9 Å². The summed E-state index contributed by atoms with van der Waals surface area (Å²) in [6.07, 6.45) is 1.74. The van der Waals surface area contributed by atoms with Crippen LogP contribution in [0.2, 0.25) is 0 Å². The minimum Gasteiger partial charge on any atom is -0.309 e. The fraction of sp³-hybridized carbons (Fsp3) is 0.800. The second kappa shape index (κ2) is 5.42. The predicted octanol–water partition coefficient (Wildman–Crippen LogP) is 2.05. The number of hydrogen-bond donors (Lipinski definition) is 0. The summed E-state index contributed by atoms with van der Waals surface area (Å²) in [6.45, 7) is 2.60. The van der Waals surface area contributed by atoms with Gasteiger partial charge >= 0.3 is 6.03 Å². The van der Waals surface area contributed by atoms with Gasteiger partial charge in [0.15, 0.2) is 0 Å². The van der Waals surface area contributed by atoms with Gasteiger partial charge in [-0.1, -0.05) is 13.3 Å². The summed E-state index contributed by atoms with van der Waals surface area (Å²) in [5.74, 6) is -0.428. The standard InChI is InChI=1S/C10H17Cl2N3O2/c1-4-5-10(6-7-13(2)3)8(16)14(11)9(17)15(10)12/h4-7H2,1-3H3. The number of halogens is 2. The van der Waals surface area contributed by atoms with E-state index in [2.05, 4.69) is 0 Å². The van der Waals surface area contributed by atoms with Crippen molar-refractivity contribution in [1.82, 2.24) is 13.7 Å². The Morgan fingerprint density at radius 2 is 1.82 bits per heavy atom. The second-order valence-electron chi connectivity index (χ2n) is 4.48. The third-order valence-electron chi connectivity index (χ3n) is 2.92. The molecular weight excluding hydrogens is 265 g/mol. The van der Waals surface area contributed by atoms with Crippen LogP contribution in [-0.4, -0.2) is 51.9 Å². The Balaban J connectivity index is 2.97. The van der Waals surface area contributed by atoms with E-state index >= 15 is 0 Å². The number of rotatable bonds is 5. The molecule has 1 atom stereocenters. The Hall–Kier alpha value is -0.520. The van der Waals surface area contributed by atoms with Crippen molar-refractivity contribution < 1.29 is 9.59 Å². The van der Waals surface area contributed by atoms with Gasteiger partial charge in [0.25, 0.3) is 5.91 Å². The van der Waals surface area contributed by atoms with Gasteiger partial charge in [0, 0.05) is 30.1 Å². The summed E-state index contributed by atoms with van der Waals surface area (Å²) in [6, 6.07) is -0.662. The molecule has 7 heteroatoms. The smallest absolute Gasteiger partial charge is 0.309 e. The van der Waals surface area contributed by atoms with Crippen molar-refractivity contribution in [3.63, 3.8) is 0 Å². The van der Waals surface area contributed by atoms with Gasteiger partial charge < -0.3 is 4.90 Å². The van der Waals surface area contributed by atoms with Crippen LogP contribution in [0.25, 0.3) is 0 Å². The van der Waals surface area contributed by atoms with Crippen LogP contribution in [0.4, 0.5) is 4.79 Å². The molecule has 1 fully saturated rings. The number of carbonyl (C=O) groups is 2. The highest BCUT2D eigenvalue weighted by Crippen LogP contribution is 2.37. The van der Waals surface area contributed by atoms with Crippen molar-refractivity contribution in [1.29, 1.82) is 0 Å². The molecule has 1 heterocycles. The molecule has 1 saturated heterocycles. The van der Waals surface area contributed by atoms with Crippen LogP contribution in [0.3, 0.4) is 0 Å². The van der Waals surface area contributed by atoms with Gasteiger partial charge in [0.05, 0.1) is 0 Å². The molecule has 98 valence electrons. The second-order valence-corrected chi connectivity index (χ2v) is 5.16. The maximum atomic E-state index is 12.1. The third-order valence-corrected chi connectivity index (χ3v) is 3.69. The van der Waals surface area contributed by atoms with E-state index in [0.29, 0.717) is 23.8 Å². The Morgan fingerprint density at radius 1 is 1.24 bits per heavy atom. The minimum absolute atomic E-state index is 0.428. The molecule has 3 amide bonds. The molecule has 0 aliphatic carbocycles. The highest BCUT2D eigenvalue weighted by atomic mass is 35.5. The number of imide groups is 1.